The van der Waals surface area contributed by atoms with Crippen molar-refractivity contribution < 1.29 is 36.2 Å². The molecule has 4 aliphatic rings. The molecule has 2 bridgehead atoms. The van der Waals surface area contributed by atoms with Crippen molar-refractivity contribution in [3.05, 3.63) is 90.1 Å². The van der Waals surface area contributed by atoms with E-state index in [1.54, 1.807) is 43.3 Å². The second-order valence-corrected chi connectivity index (χ2v) is 20.1. The SMILES string of the molecule is C#Cc1c(F)ccc2cccc(-c3ncc4c(N5C[C@H]6CC[C@@H](C5)N6C(=O)OC(C)(C)C)nc(OC[C@@]56CCCN5C[C@@H](Oc5cccc(S(=O)(=O)n7cnc(C)n7)c5)C6)nc4c3F)c12. The Labute approximate surface area is 374 Å². The standard InChI is InChI=1S/C47H47F2N9O6S/c1-6-35-38(48)17-14-29-10-7-13-36(39(29)35)41-40(49)42-37(22-50-41)43(55-23-30-15-16-31(24-55)58(30)45(59)64-46(3,4)5)53-44(52-42)62-26-47-18-9-19-56(47)25-33(21-47)63-32-11-8-12-34(20-32)65(60,61)57-27-51-28(2)54-57/h1,7-8,10-14,17,20,22,27,30-31,33H,9,15-16,18-19,21,23-26H2,2-5H3/t30-,31+,33-,47-/m0/s1. The van der Waals surface area contributed by atoms with Crippen LogP contribution in [0.1, 0.15) is 64.3 Å². The third kappa shape index (κ3) is 7.63. The highest BCUT2D eigenvalue weighted by molar-refractivity contribution is 7.89. The number of terminal acetylenes is 1. The van der Waals surface area contributed by atoms with Crippen molar-refractivity contribution in [2.75, 3.05) is 37.7 Å². The zero-order valence-electron chi connectivity index (χ0n) is 36.4. The number of ether oxygens (including phenoxy) is 3. The minimum atomic E-state index is -3.98. The number of amides is 1. The van der Waals surface area contributed by atoms with Gasteiger partial charge in [0.05, 0.1) is 33.5 Å². The minimum absolute atomic E-state index is 0.00365. The first-order valence-electron chi connectivity index (χ1n) is 21.7. The van der Waals surface area contributed by atoms with Gasteiger partial charge in [-0.05, 0) is 83.5 Å². The maximum absolute atomic E-state index is 17.3. The van der Waals surface area contributed by atoms with Crippen LogP contribution in [0.25, 0.3) is 32.9 Å². The number of piperazine rings is 1. The van der Waals surface area contributed by atoms with Crippen LogP contribution in [0, 0.1) is 30.9 Å². The number of anilines is 1. The monoisotopic (exact) mass is 903 g/mol. The third-order valence-corrected chi connectivity index (χ3v) is 14.4. The lowest BCUT2D eigenvalue weighted by Gasteiger charge is -2.42. The highest BCUT2D eigenvalue weighted by Crippen LogP contribution is 2.43. The van der Waals surface area contributed by atoms with Crippen LogP contribution < -0.4 is 14.4 Å². The largest absolute Gasteiger partial charge is 0.489 e. The highest BCUT2D eigenvalue weighted by atomic mass is 32.2. The van der Waals surface area contributed by atoms with Gasteiger partial charge in [-0.3, -0.25) is 14.8 Å². The molecule has 65 heavy (non-hydrogen) atoms. The van der Waals surface area contributed by atoms with Crippen LogP contribution in [0.15, 0.2) is 72.0 Å². The molecular formula is C47H47F2N9O6S. The smallest absolute Gasteiger partial charge is 0.410 e. The van der Waals surface area contributed by atoms with Crippen LogP contribution in [0.5, 0.6) is 11.8 Å². The normalized spacial score (nSPS) is 22.1. The summed E-state index contributed by atoms with van der Waals surface area (Å²) >= 11 is 0. The number of hydrogen-bond donors (Lipinski definition) is 0. The van der Waals surface area contributed by atoms with E-state index in [2.05, 4.69) is 25.9 Å². The van der Waals surface area contributed by atoms with Crippen molar-refractivity contribution in [1.29, 1.82) is 0 Å². The Morgan fingerprint density at radius 1 is 1.02 bits per heavy atom. The molecule has 1 amide bonds. The first-order chi connectivity index (χ1) is 31.1. The molecule has 336 valence electrons. The number of hydrogen-bond acceptors (Lipinski definition) is 13. The summed E-state index contributed by atoms with van der Waals surface area (Å²) in [6.45, 7) is 9.51. The lowest BCUT2D eigenvalue weighted by Crippen LogP contribution is -2.57. The molecule has 0 saturated carbocycles. The van der Waals surface area contributed by atoms with Gasteiger partial charge < -0.3 is 19.1 Å². The second-order valence-electron chi connectivity index (χ2n) is 18.3. The van der Waals surface area contributed by atoms with Crippen LogP contribution in [0.4, 0.5) is 19.4 Å². The summed E-state index contributed by atoms with van der Waals surface area (Å²) in [7, 11) is -3.98. The van der Waals surface area contributed by atoms with Crippen molar-refractivity contribution in [3.8, 4) is 35.4 Å². The number of carbonyl (C=O) groups excluding carboxylic acids is 1. The van der Waals surface area contributed by atoms with E-state index >= 15 is 8.78 Å². The Morgan fingerprint density at radius 3 is 2.54 bits per heavy atom. The molecule has 7 heterocycles. The van der Waals surface area contributed by atoms with Crippen LogP contribution >= 0.6 is 0 Å². The van der Waals surface area contributed by atoms with Gasteiger partial charge in [0.25, 0.3) is 10.0 Å². The summed E-state index contributed by atoms with van der Waals surface area (Å²) in [4.78, 5) is 37.9. The Bertz CT molecular complexity index is 3030. The molecule has 4 fully saturated rings. The molecular weight excluding hydrogens is 857 g/mol. The molecule has 4 aliphatic heterocycles. The number of rotatable bonds is 9. The molecule has 3 aromatic carbocycles. The van der Waals surface area contributed by atoms with Crippen LogP contribution in [-0.4, -0.2) is 116 Å². The first-order valence-corrected chi connectivity index (χ1v) is 23.1. The van der Waals surface area contributed by atoms with E-state index in [1.165, 1.54) is 30.7 Å². The molecule has 4 atom stereocenters. The molecule has 10 rings (SSSR count). The van der Waals surface area contributed by atoms with Gasteiger partial charge in [0.15, 0.2) is 5.82 Å². The van der Waals surface area contributed by atoms with Crippen molar-refractivity contribution in [3.63, 3.8) is 0 Å². The molecule has 0 unspecified atom stereocenters. The van der Waals surface area contributed by atoms with Gasteiger partial charge in [-0.25, -0.2) is 18.6 Å². The van der Waals surface area contributed by atoms with Gasteiger partial charge in [-0.15, -0.1) is 15.6 Å². The molecule has 18 heteroatoms. The Kier molecular flexibility index (Phi) is 10.4. The van der Waals surface area contributed by atoms with E-state index in [1.807, 2.05) is 30.6 Å². The van der Waals surface area contributed by atoms with Crippen LogP contribution in [-0.2, 0) is 14.8 Å². The number of fused-ring (bicyclic) bond motifs is 5. The van der Waals surface area contributed by atoms with Crippen LogP contribution in [0.2, 0.25) is 0 Å². The van der Waals surface area contributed by atoms with Crippen molar-refractivity contribution in [2.45, 2.75) is 94.0 Å². The van der Waals surface area contributed by atoms with E-state index in [9.17, 15) is 13.2 Å². The second kappa shape index (κ2) is 15.9. The van der Waals surface area contributed by atoms with Crippen molar-refractivity contribution in [2.24, 2.45) is 0 Å². The van der Waals surface area contributed by atoms with Crippen LogP contribution in [0.3, 0.4) is 0 Å². The topological polar surface area (TPSA) is 158 Å². The molecule has 0 radical (unpaired) electrons. The number of halogens is 2. The molecule has 15 nitrogen and oxygen atoms in total. The Balaban J connectivity index is 0.976. The van der Waals surface area contributed by atoms with Gasteiger partial charge in [-0.1, -0.05) is 36.3 Å². The summed E-state index contributed by atoms with van der Waals surface area (Å²) < 4.78 is 78.7. The fourth-order valence-electron chi connectivity index (χ4n) is 10.1. The van der Waals surface area contributed by atoms with E-state index < -0.39 is 32.8 Å². The maximum atomic E-state index is 17.3. The number of pyridine rings is 1. The average molecular weight is 904 g/mol. The summed E-state index contributed by atoms with van der Waals surface area (Å²) in [6.07, 6.45) is 11.7. The highest BCUT2D eigenvalue weighted by Gasteiger charge is 2.50. The van der Waals surface area contributed by atoms with E-state index in [4.69, 9.17) is 30.6 Å². The number of carbonyl (C=O) groups is 1. The zero-order valence-corrected chi connectivity index (χ0v) is 37.2. The number of benzene rings is 3. The van der Waals surface area contributed by atoms with Gasteiger partial charge in [0.2, 0.25) is 0 Å². The minimum Gasteiger partial charge on any atom is -0.489 e. The molecule has 0 spiro atoms. The van der Waals surface area contributed by atoms with Gasteiger partial charge >= 0.3 is 12.1 Å². The van der Waals surface area contributed by atoms with E-state index in [0.717, 1.165) is 36.3 Å². The molecule has 0 N–H and O–H groups in total. The summed E-state index contributed by atoms with van der Waals surface area (Å²) in [5, 5.41) is 5.33. The zero-order chi connectivity index (χ0) is 45.4. The fraction of sp³-hybridized carbons (Fsp3) is 0.404. The lowest BCUT2D eigenvalue weighted by atomic mass is 9.94. The predicted octanol–water partition coefficient (Wildman–Crippen LogP) is 6.89. The summed E-state index contributed by atoms with van der Waals surface area (Å²) in [6, 6.07) is 14.0. The fourth-order valence-corrected chi connectivity index (χ4v) is 11.2. The summed E-state index contributed by atoms with van der Waals surface area (Å²) in [5.74, 6) is 2.24. The summed E-state index contributed by atoms with van der Waals surface area (Å²) in [5.41, 5.74) is -0.896. The van der Waals surface area contributed by atoms with Crippen molar-refractivity contribution in [1.82, 2.24) is 38.9 Å². The first kappa shape index (κ1) is 42.5. The quantitative estimate of drug-likeness (QED) is 0.138. The van der Waals surface area contributed by atoms with Gasteiger partial charge in [0, 0.05) is 49.3 Å². The third-order valence-electron chi connectivity index (χ3n) is 12.9. The lowest BCUT2D eigenvalue weighted by molar-refractivity contribution is 0.0122. The van der Waals surface area contributed by atoms with E-state index in [-0.39, 0.29) is 58.6 Å². The molecule has 6 aromatic rings. The molecule has 3 aromatic heterocycles. The Hall–Kier alpha value is -6.45. The van der Waals surface area contributed by atoms with E-state index in [0.29, 0.717) is 65.2 Å². The van der Waals surface area contributed by atoms with Gasteiger partial charge in [-0.2, -0.15) is 18.4 Å². The predicted molar refractivity (Wildman–Crippen MR) is 237 cm³/mol. The van der Waals surface area contributed by atoms with Crippen molar-refractivity contribution >= 4 is 43.6 Å². The number of aromatic nitrogens is 6. The Morgan fingerprint density at radius 2 is 1.80 bits per heavy atom. The molecule has 4 saturated heterocycles. The molecule has 0 aliphatic carbocycles. The number of nitrogens with zero attached hydrogens (tertiary/aromatic N) is 9. The number of aryl methyl sites for hydroxylation is 1. The average Bonchev–Trinajstić information content (AvgIpc) is 4.03. The maximum Gasteiger partial charge on any atom is 0.410 e. The van der Waals surface area contributed by atoms with Gasteiger partial charge in [0.1, 0.15) is 59.1 Å².